The highest BCUT2D eigenvalue weighted by Crippen LogP contribution is 2.24. The lowest BCUT2D eigenvalue weighted by Crippen LogP contribution is -2.45. The summed E-state index contributed by atoms with van der Waals surface area (Å²) < 4.78 is 10.3. The molecule has 1 atom stereocenters. The number of aromatic nitrogens is 1. The van der Waals surface area contributed by atoms with Gasteiger partial charge in [0.2, 0.25) is 0 Å². The Morgan fingerprint density at radius 3 is 2.34 bits per heavy atom. The van der Waals surface area contributed by atoms with E-state index in [0.717, 1.165) is 5.56 Å². The number of carbonyl (C=O) groups is 3. The lowest BCUT2D eigenvalue weighted by molar-refractivity contribution is -0.145. The second-order valence-electron chi connectivity index (χ2n) is 7.77. The standard InChI is InChI=1S/C22H25Cl2N3O5/c1-5-31-20(29)16(27-21(30)32-22(2,3)4)12-13-6-8-14(9-7-13)26-19(28)15-10-11-25-18(24)17(15)23/h6-11,16H,5,12H2,1-4H3,(H,26,28)(H,27,30). The van der Waals surface area contributed by atoms with Crippen LogP contribution in [0.15, 0.2) is 36.5 Å². The number of nitrogens with one attached hydrogen (secondary N) is 2. The van der Waals surface area contributed by atoms with Crippen LogP contribution in [0.4, 0.5) is 10.5 Å². The molecule has 0 aliphatic heterocycles. The normalized spacial score (nSPS) is 11.9. The Hall–Kier alpha value is -2.84. The van der Waals surface area contributed by atoms with Crippen molar-refractivity contribution in [1.82, 2.24) is 10.3 Å². The van der Waals surface area contributed by atoms with E-state index >= 15 is 0 Å². The number of nitrogens with zero attached hydrogens (tertiary/aromatic N) is 1. The van der Waals surface area contributed by atoms with Crippen LogP contribution in [-0.2, 0) is 20.7 Å². The Labute approximate surface area is 196 Å². The largest absolute Gasteiger partial charge is 0.464 e. The van der Waals surface area contributed by atoms with Crippen LogP contribution >= 0.6 is 23.2 Å². The number of halogens is 2. The highest BCUT2D eigenvalue weighted by molar-refractivity contribution is 6.43. The number of hydrogen-bond acceptors (Lipinski definition) is 6. The first-order chi connectivity index (χ1) is 15.0. The first-order valence-corrected chi connectivity index (χ1v) is 10.6. The summed E-state index contributed by atoms with van der Waals surface area (Å²) in [6.07, 6.45) is 0.852. The number of ether oxygens (including phenoxy) is 2. The third-order valence-corrected chi connectivity index (χ3v) is 4.77. The van der Waals surface area contributed by atoms with Crippen LogP contribution in [0.2, 0.25) is 10.2 Å². The predicted octanol–water partition coefficient (Wildman–Crippen LogP) is 4.64. The fraction of sp³-hybridized carbons (Fsp3) is 0.364. The van der Waals surface area contributed by atoms with E-state index in [2.05, 4.69) is 15.6 Å². The number of hydrogen-bond donors (Lipinski definition) is 2. The zero-order valence-corrected chi connectivity index (χ0v) is 19.7. The average molecular weight is 482 g/mol. The minimum absolute atomic E-state index is 0.0390. The zero-order valence-electron chi connectivity index (χ0n) is 18.2. The van der Waals surface area contributed by atoms with Gasteiger partial charge in [0, 0.05) is 18.3 Å². The SMILES string of the molecule is CCOC(=O)C(Cc1ccc(NC(=O)c2ccnc(Cl)c2Cl)cc1)NC(=O)OC(C)(C)C. The molecule has 2 aromatic rings. The van der Waals surface area contributed by atoms with Gasteiger partial charge in [0.15, 0.2) is 0 Å². The summed E-state index contributed by atoms with van der Waals surface area (Å²) in [6.45, 7) is 7.05. The number of esters is 1. The van der Waals surface area contributed by atoms with Gasteiger partial charge in [-0.05, 0) is 51.5 Å². The first kappa shape index (κ1) is 25.4. The van der Waals surface area contributed by atoms with Crippen LogP contribution in [0.3, 0.4) is 0 Å². The van der Waals surface area contributed by atoms with E-state index in [1.165, 1.54) is 12.3 Å². The van der Waals surface area contributed by atoms with Crippen molar-refractivity contribution in [3.63, 3.8) is 0 Å². The van der Waals surface area contributed by atoms with Crippen molar-refractivity contribution < 1.29 is 23.9 Å². The molecule has 172 valence electrons. The van der Waals surface area contributed by atoms with Crippen molar-refractivity contribution in [2.75, 3.05) is 11.9 Å². The van der Waals surface area contributed by atoms with Crippen molar-refractivity contribution in [3.8, 4) is 0 Å². The Morgan fingerprint density at radius 2 is 1.75 bits per heavy atom. The van der Waals surface area contributed by atoms with Gasteiger partial charge in [-0.25, -0.2) is 14.6 Å². The average Bonchev–Trinajstić information content (AvgIpc) is 2.69. The third kappa shape index (κ3) is 7.69. The smallest absolute Gasteiger partial charge is 0.408 e. The van der Waals surface area contributed by atoms with E-state index in [-0.39, 0.29) is 28.8 Å². The second-order valence-corrected chi connectivity index (χ2v) is 8.51. The topological polar surface area (TPSA) is 107 Å². The van der Waals surface area contributed by atoms with Crippen LogP contribution in [0.5, 0.6) is 0 Å². The van der Waals surface area contributed by atoms with E-state index in [1.54, 1.807) is 52.0 Å². The number of carbonyl (C=O) groups excluding carboxylic acids is 3. The van der Waals surface area contributed by atoms with Gasteiger partial charge >= 0.3 is 12.1 Å². The molecule has 0 spiro atoms. The molecule has 0 fully saturated rings. The molecule has 2 N–H and O–H groups in total. The molecule has 10 heteroatoms. The van der Waals surface area contributed by atoms with E-state index in [0.29, 0.717) is 5.69 Å². The maximum atomic E-state index is 12.4. The van der Waals surface area contributed by atoms with Crippen LogP contribution in [0.1, 0.15) is 43.6 Å². The highest BCUT2D eigenvalue weighted by Gasteiger charge is 2.25. The summed E-state index contributed by atoms with van der Waals surface area (Å²) in [6, 6.07) is 7.31. The number of rotatable bonds is 7. The van der Waals surface area contributed by atoms with Crippen molar-refractivity contribution in [1.29, 1.82) is 0 Å². The van der Waals surface area contributed by atoms with Crippen molar-refractivity contribution in [2.24, 2.45) is 0 Å². The minimum Gasteiger partial charge on any atom is -0.464 e. The summed E-state index contributed by atoms with van der Waals surface area (Å²) >= 11 is 11.9. The maximum absolute atomic E-state index is 12.4. The van der Waals surface area contributed by atoms with Gasteiger partial charge in [0.1, 0.15) is 16.8 Å². The van der Waals surface area contributed by atoms with Crippen LogP contribution in [0.25, 0.3) is 0 Å². The summed E-state index contributed by atoms with van der Waals surface area (Å²) in [4.78, 5) is 40.7. The van der Waals surface area contributed by atoms with Gasteiger partial charge in [-0.3, -0.25) is 4.79 Å². The molecule has 2 rings (SSSR count). The molecule has 0 aliphatic carbocycles. The number of benzene rings is 1. The lowest BCUT2D eigenvalue weighted by Gasteiger charge is -2.23. The monoisotopic (exact) mass is 481 g/mol. The molecule has 32 heavy (non-hydrogen) atoms. The van der Waals surface area contributed by atoms with Crippen molar-refractivity contribution >= 4 is 46.9 Å². The Morgan fingerprint density at radius 1 is 1.09 bits per heavy atom. The summed E-state index contributed by atoms with van der Waals surface area (Å²) in [7, 11) is 0. The number of anilines is 1. The minimum atomic E-state index is -0.928. The number of amides is 2. The molecule has 1 aromatic carbocycles. The molecule has 1 heterocycles. The van der Waals surface area contributed by atoms with E-state index in [4.69, 9.17) is 32.7 Å². The van der Waals surface area contributed by atoms with Gasteiger partial charge in [-0.15, -0.1) is 0 Å². The van der Waals surface area contributed by atoms with Crippen molar-refractivity contribution in [2.45, 2.75) is 45.8 Å². The van der Waals surface area contributed by atoms with E-state index in [1.807, 2.05) is 0 Å². The molecule has 0 saturated carbocycles. The molecular weight excluding hydrogens is 457 g/mol. The lowest BCUT2D eigenvalue weighted by atomic mass is 10.1. The first-order valence-electron chi connectivity index (χ1n) is 9.86. The van der Waals surface area contributed by atoms with Gasteiger partial charge in [-0.2, -0.15) is 0 Å². The number of alkyl carbamates (subject to hydrolysis) is 1. The molecule has 2 amide bonds. The van der Waals surface area contributed by atoms with Gasteiger partial charge in [-0.1, -0.05) is 35.3 Å². The fourth-order valence-electron chi connectivity index (χ4n) is 2.64. The van der Waals surface area contributed by atoms with Crippen LogP contribution in [-0.4, -0.2) is 41.2 Å². The quantitative estimate of drug-likeness (QED) is 0.440. The Kier molecular flexibility index (Phi) is 8.86. The fourth-order valence-corrected chi connectivity index (χ4v) is 2.99. The summed E-state index contributed by atoms with van der Waals surface area (Å²) in [5, 5.41) is 5.37. The molecule has 8 nitrogen and oxygen atoms in total. The molecule has 0 bridgehead atoms. The maximum Gasteiger partial charge on any atom is 0.408 e. The Bertz CT molecular complexity index is 975. The molecular formula is C22H25Cl2N3O5. The summed E-state index contributed by atoms with van der Waals surface area (Å²) in [5.74, 6) is -1.01. The molecule has 0 saturated heterocycles. The van der Waals surface area contributed by atoms with Crippen LogP contribution < -0.4 is 10.6 Å². The van der Waals surface area contributed by atoms with Gasteiger partial charge in [0.25, 0.3) is 5.91 Å². The van der Waals surface area contributed by atoms with Gasteiger partial charge < -0.3 is 20.1 Å². The molecule has 1 aromatic heterocycles. The third-order valence-electron chi connectivity index (χ3n) is 4.01. The summed E-state index contributed by atoms with van der Waals surface area (Å²) in [5.41, 5.74) is 0.739. The highest BCUT2D eigenvalue weighted by atomic mass is 35.5. The van der Waals surface area contributed by atoms with Crippen LogP contribution in [0, 0.1) is 0 Å². The molecule has 0 aliphatic rings. The van der Waals surface area contributed by atoms with E-state index < -0.39 is 29.6 Å². The number of pyridine rings is 1. The van der Waals surface area contributed by atoms with Gasteiger partial charge in [0.05, 0.1) is 17.2 Å². The molecule has 0 radical (unpaired) electrons. The predicted molar refractivity (Wildman–Crippen MR) is 122 cm³/mol. The second kappa shape index (κ2) is 11.2. The molecule has 1 unspecified atom stereocenters. The Balaban J connectivity index is 2.08. The van der Waals surface area contributed by atoms with Crippen molar-refractivity contribution in [3.05, 3.63) is 57.8 Å². The van der Waals surface area contributed by atoms with E-state index in [9.17, 15) is 14.4 Å². The zero-order chi connectivity index (χ0) is 23.9.